The standard InChI is InChI=1S/C26H33N3O4S/c1-3-33-25(32)10-9-23(30)29-15-14-27(17-19(29)2)24(31)18-28-13-11-22-21(12-16-34-22)26(28)20-7-5-4-6-8-20/h4-8,12,16,19,26H,3,9-11,13-15,17-18H2,1-2H3. The number of esters is 1. The Kier molecular flexibility index (Phi) is 8.00. The summed E-state index contributed by atoms with van der Waals surface area (Å²) in [6, 6.07) is 12.6. The predicted octanol–water partition coefficient (Wildman–Crippen LogP) is 3.10. The lowest BCUT2D eigenvalue weighted by Gasteiger charge is -2.42. The van der Waals surface area contributed by atoms with E-state index >= 15 is 0 Å². The van der Waals surface area contributed by atoms with Gasteiger partial charge >= 0.3 is 5.97 Å². The highest BCUT2D eigenvalue weighted by molar-refractivity contribution is 7.10. The Morgan fingerprint density at radius 2 is 1.82 bits per heavy atom. The van der Waals surface area contributed by atoms with Crippen LogP contribution in [0.4, 0.5) is 0 Å². The molecule has 34 heavy (non-hydrogen) atoms. The fourth-order valence-electron chi connectivity index (χ4n) is 4.98. The van der Waals surface area contributed by atoms with Crippen LogP contribution in [0.2, 0.25) is 0 Å². The molecule has 8 heteroatoms. The number of carbonyl (C=O) groups excluding carboxylic acids is 3. The molecule has 0 spiro atoms. The van der Waals surface area contributed by atoms with E-state index in [0.29, 0.717) is 32.8 Å². The maximum Gasteiger partial charge on any atom is 0.306 e. The van der Waals surface area contributed by atoms with Crippen molar-refractivity contribution in [1.29, 1.82) is 0 Å². The van der Waals surface area contributed by atoms with Crippen molar-refractivity contribution in [3.8, 4) is 0 Å². The number of hydrogen-bond acceptors (Lipinski definition) is 6. The van der Waals surface area contributed by atoms with E-state index in [9.17, 15) is 14.4 Å². The van der Waals surface area contributed by atoms with Crippen LogP contribution in [0.15, 0.2) is 41.8 Å². The molecule has 1 aromatic carbocycles. The molecule has 2 aliphatic rings. The summed E-state index contributed by atoms with van der Waals surface area (Å²) in [7, 11) is 0. The molecule has 2 atom stereocenters. The third-order valence-corrected chi connectivity index (χ3v) is 7.66. The predicted molar refractivity (Wildman–Crippen MR) is 132 cm³/mol. The molecule has 2 aromatic rings. The second kappa shape index (κ2) is 11.1. The number of amides is 2. The molecule has 0 N–H and O–H groups in total. The van der Waals surface area contributed by atoms with Crippen molar-refractivity contribution in [2.45, 2.75) is 45.2 Å². The van der Waals surface area contributed by atoms with Crippen molar-refractivity contribution in [2.24, 2.45) is 0 Å². The molecular weight excluding hydrogens is 450 g/mol. The number of rotatable bonds is 7. The molecule has 3 heterocycles. The zero-order valence-electron chi connectivity index (χ0n) is 19.9. The zero-order valence-corrected chi connectivity index (χ0v) is 20.8. The van der Waals surface area contributed by atoms with Crippen LogP contribution in [0.5, 0.6) is 0 Å². The molecule has 4 rings (SSSR count). The molecule has 0 bridgehead atoms. The van der Waals surface area contributed by atoms with Crippen molar-refractivity contribution in [3.63, 3.8) is 0 Å². The molecule has 1 saturated heterocycles. The Balaban J connectivity index is 1.37. The van der Waals surface area contributed by atoms with E-state index in [4.69, 9.17) is 4.74 Å². The highest BCUT2D eigenvalue weighted by Gasteiger charge is 2.34. The average molecular weight is 484 g/mol. The fourth-order valence-corrected chi connectivity index (χ4v) is 5.88. The quantitative estimate of drug-likeness (QED) is 0.566. The third-order valence-electron chi connectivity index (χ3n) is 6.67. The molecule has 7 nitrogen and oxygen atoms in total. The Hall–Kier alpha value is -2.71. The van der Waals surface area contributed by atoms with Gasteiger partial charge in [0.2, 0.25) is 11.8 Å². The van der Waals surface area contributed by atoms with E-state index in [-0.39, 0.29) is 42.7 Å². The van der Waals surface area contributed by atoms with Crippen LogP contribution in [0.25, 0.3) is 0 Å². The summed E-state index contributed by atoms with van der Waals surface area (Å²) < 4.78 is 4.92. The van der Waals surface area contributed by atoms with Crippen LogP contribution in [0, 0.1) is 0 Å². The number of benzene rings is 1. The van der Waals surface area contributed by atoms with Crippen molar-refractivity contribution in [2.75, 3.05) is 39.3 Å². The summed E-state index contributed by atoms with van der Waals surface area (Å²) in [6.45, 7) is 6.76. The van der Waals surface area contributed by atoms with Gasteiger partial charge in [-0.15, -0.1) is 11.3 Å². The number of piperazine rings is 1. The molecule has 2 unspecified atom stereocenters. The van der Waals surface area contributed by atoms with E-state index < -0.39 is 0 Å². The van der Waals surface area contributed by atoms with Crippen LogP contribution < -0.4 is 0 Å². The van der Waals surface area contributed by atoms with Crippen LogP contribution in [0.1, 0.15) is 48.7 Å². The second-order valence-electron chi connectivity index (χ2n) is 8.91. The third kappa shape index (κ3) is 5.50. The van der Waals surface area contributed by atoms with Crippen molar-refractivity contribution < 1.29 is 19.1 Å². The van der Waals surface area contributed by atoms with Crippen LogP contribution >= 0.6 is 11.3 Å². The molecule has 0 saturated carbocycles. The lowest BCUT2D eigenvalue weighted by atomic mass is 9.93. The highest BCUT2D eigenvalue weighted by Crippen LogP contribution is 2.37. The minimum atomic E-state index is -0.347. The molecule has 0 radical (unpaired) electrons. The summed E-state index contributed by atoms with van der Waals surface area (Å²) in [6.07, 6.45) is 1.20. The molecule has 0 aliphatic carbocycles. The second-order valence-corrected chi connectivity index (χ2v) is 9.91. The monoisotopic (exact) mass is 483 g/mol. The van der Waals surface area contributed by atoms with Gasteiger partial charge in [0, 0.05) is 43.5 Å². The first-order valence-electron chi connectivity index (χ1n) is 12.1. The number of ether oxygens (including phenoxy) is 1. The lowest BCUT2D eigenvalue weighted by Crippen LogP contribution is -2.57. The number of nitrogens with zero attached hydrogens (tertiary/aromatic N) is 3. The van der Waals surface area contributed by atoms with E-state index in [1.807, 2.05) is 17.9 Å². The van der Waals surface area contributed by atoms with Crippen LogP contribution in [0.3, 0.4) is 0 Å². The molecule has 182 valence electrons. The number of fused-ring (bicyclic) bond motifs is 1. The fraction of sp³-hybridized carbons (Fsp3) is 0.500. The average Bonchev–Trinajstić information content (AvgIpc) is 3.32. The number of thiophene rings is 1. The minimum absolute atomic E-state index is 0.0576. The van der Waals surface area contributed by atoms with Gasteiger partial charge in [-0.3, -0.25) is 19.3 Å². The Morgan fingerprint density at radius 3 is 2.56 bits per heavy atom. The van der Waals surface area contributed by atoms with Gasteiger partial charge in [0.05, 0.1) is 25.6 Å². The van der Waals surface area contributed by atoms with Gasteiger partial charge in [-0.25, -0.2) is 0 Å². The first-order valence-corrected chi connectivity index (χ1v) is 12.9. The first-order chi connectivity index (χ1) is 16.5. The highest BCUT2D eigenvalue weighted by atomic mass is 32.1. The van der Waals surface area contributed by atoms with Crippen molar-refractivity contribution in [1.82, 2.24) is 14.7 Å². The van der Waals surface area contributed by atoms with Crippen LogP contribution in [-0.4, -0.2) is 77.9 Å². The number of carbonyl (C=O) groups is 3. The maximum atomic E-state index is 13.3. The topological polar surface area (TPSA) is 70.2 Å². The minimum Gasteiger partial charge on any atom is -0.466 e. The SMILES string of the molecule is CCOC(=O)CCC(=O)N1CCN(C(=O)CN2CCc3sccc3C2c2ccccc2)CC1C. The summed E-state index contributed by atoms with van der Waals surface area (Å²) in [5, 5.41) is 2.14. The van der Waals surface area contributed by atoms with Gasteiger partial charge in [0.1, 0.15) is 0 Å². The maximum absolute atomic E-state index is 13.3. The van der Waals surface area contributed by atoms with Gasteiger partial charge < -0.3 is 14.5 Å². The molecule has 1 aromatic heterocycles. The Bertz CT molecular complexity index is 1010. The largest absolute Gasteiger partial charge is 0.466 e. The Labute approximate surface area is 205 Å². The Morgan fingerprint density at radius 1 is 1.03 bits per heavy atom. The van der Waals surface area contributed by atoms with Crippen LogP contribution in [-0.2, 0) is 25.5 Å². The molecule has 1 fully saturated rings. The van der Waals surface area contributed by atoms with Gasteiger partial charge in [-0.2, -0.15) is 0 Å². The van der Waals surface area contributed by atoms with E-state index in [0.717, 1.165) is 13.0 Å². The van der Waals surface area contributed by atoms with Gasteiger partial charge in [-0.05, 0) is 42.8 Å². The van der Waals surface area contributed by atoms with Gasteiger partial charge in [0.25, 0.3) is 0 Å². The first kappa shape index (κ1) is 24.4. The zero-order chi connectivity index (χ0) is 24.1. The van der Waals surface area contributed by atoms with E-state index in [1.165, 1.54) is 16.0 Å². The molecule has 2 amide bonds. The summed E-state index contributed by atoms with van der Waals surface area (Å²) >= 11 is 1.80. The smallest absolute Gasteiger partial charge is 0.306 e. The van der Waals surface area contributed by atoms with Gasteiger partial charge in [0.15, 0.2) is 0 Å². The van der Waals surface area contributed by atoms with E-state index in [1.54, 1.807) is 23.2 Å². The summed E-state index contributed by atoms with van der Waals surface area (Å²) in [4.78, 5) is 44.9. The van der Waals surface area contributed by atoms with Gasteiger partial charge in [-0.1, -0.05) is 30.3 Å². The van der Waals surface area contributed by atoms with Crippen molar-refractivity contribution >= 4 is 29.1 Å². The lowest BCUT2D eigenvalue weighted by molar-refractivity contribution is -0.147. The summed E-state index contributed by atoms with van der Waals surface area (Å²) in [5.74, 6) is -0.302. The molecule has 2 aliphatic heterocycles. The van der Waals surface area contributed by atoms with Crippen molar-refractivity contribution in [3.05, 3.63) is 57.8 Å². The number of hydrogen-bond donors (Lipinski definition) is 0. The summed E-state index contributed by atoms with van der Waals surface area (Å²) in [5.41, 5.74) is 2.51. The van der Waals surface area contributed by atoms with E-state index in [2.05, 4.69) is 40.6 Å². The normalized spacial score (nSPS) is 20.6. The molecular formula is C26H33N3O4S.